The summed E-state index contributed by atoms with van der Waals surface area (Å²) in [6.45, 7) is 0. The van der Waals surface area contributed by atoms with Crippen LogP contribution in [0.15, 0.2) is 222 Å². The van der Waals surface area contributed by atoms with E-state index in [1.165, 1.54) is 0 Å². The highest BCUT2D eigenvalue weighted by molar-refractivity contribution is 7.92. The van der Waals surface area contributed by atoms with Crippen LogP contribution in [0.2, 0.25) is 0 Å². The number of benzene rings is 8. The molecule has 61 heavy (non-hydrogen) atoms. The zero-order chi connectivity index (χ0) is 40.9. The molecule has 5 nitrogen and oxygen atoms in total. The van der Waals surface area contributed by atoms with Crippen LogP contribution in [0.4, 0.5) is 0 Å². The van der Waals surface area contributed by atoms with Crippen molar-refractivity contribution in [3.8, 4) is 89.5 Å². The van der Waals surface area contributed by atoms with Gasteiger partial charge >= 0.3 is 0 Å². The van der Waals surface area contributed by atoms with E-state index in [-0.39, 0.29) is 9.79 Å². The molecule has 0 fully saturated rings. The van der Waals surface area contributed by atoms with Crippen molar-refractivity contribution in [2.75, 3.05) is 0 Å². The zero-order valence-electron chi connectivity index (χ0n) is 32.8. The third kappa shape index (κ3) is 6.33. The summed E-state index contributed by atoms with van der Waals surface area (Å²) >= 11 is 0. The van der Waals surface area contributed by atoms with Crippen molar-refractivity contribution in [1.29, 1.82) is 0 Å². The molecular formula is C55H35N3O2S. The number of pyridine rings is 1. The van der Waals surface area contributed by atoms with Crippen LogP contribution < -0.4 is 0 Å². The Labute approximate surface area is 354 Å². The monoisotopic (exact) mass is 801 g/mol. The van der Waals surface area contributed by atoms with Gasteiger partial charge in [-0.1, -0.05) is 176 Å². The van der Waals surface area contributed by atoms with E-state index in [9.17, 15) is 0 Å². The third-order valence-electron chi connectivity index (χ3n) is 11.6. The van der Waals surface area contributed by atoms with Crippen LogP contribution in [-0.2, 0) is 9.84 Å². The molecule has 0 aliphatic carbocycles. The molecule has 10 aromatic rings. The maximum Gasteiger partial charge on any atom is 0.208 e. The van der Waals surface area contributed by atoms with E-state index in [1.807, 2.05) is 140 Å². The summed E-state index contributed by atoms with van der Waals surface area (Å²) in [6.07, 6.45) is 3.63. The van der Waals surface area contributed by atoms with Crippen molar-refractivity contribution in [2.24, 2.45) is 0 Å². The van der Waals surface area contributed by atoms with E-state index in [1.54, 1.807) is 12.3 Å². The molecule has 11 rings (SSSR count). The quantitative estimate of drug-likeness (QED) is 0.177. The van der Waals surface area contributed by atoms with E-state index in [2.05, 4.69) is 65.6 Å². The lowest BCUT2D eigenvalue weighted by Crippen LogP contribution is -2.07. The summed E-state index contributed by atoms with van der Waals surface area (Å²) in [5, 5.41) is 1.51. The van der Waals surface area contributed by atoms with Crippen molar-refractivity contribution >= 4 is 20.6 Å². The molecule has 3 heterocycles. The number of rotatable bonds is 4. The van der Waals surface area contributed by atoms with Crippen molar-refractivity contribution in [3.05, 3.63) is 213 Å². The predicted molar refractivity (Wildman–Crippen MR) is 246 cm³/mol. The first-order valence-corrected chi connectivity index (χ1v) is 21.6. The van der Waals surface area contributed by atoms with Crippen molar-refractivity contribution in [2.45, 2.75) is 9.79 Å². The first-order chi connectivity index (χ1) is 30.0. The highest BCUT2D eigenvalue weighted by Crippen LogP contribution is 2.49. The molecule has 8 aromatic carbocycles. The second-order valence-electron chi connectivity index (χ2n) is 15.2. The molecule has 0 saturated carbocycles. The minimum absolute atomic E-state index is 0.264. The highest BCUT2D eigenvalue weighted by Gasteiger charge is 2.31. The van der Waals surface area contributed by atoms with Gasteiger partial charge in [0, 0.05) is 45.6 Å². The van der Waals surface area contributed by atoms with Crippen molar-refractivity contribution in [1.82, 2.24) is 15.0 Å². The van der Waals surface area contributed by atoms with Crippen LogP contribution in [0.1, 0.15) is 0 Å². The molecule has 1 aliphatic heterocycles. The normalized spacial score (nSPS) is 12.5. The second-order valence-corrected chi connectivity index (χ2v) is 17.0. The molecule has 6 heteroatoms. The lowest BCUT2D eigenvalue weighted by Gasteiger charge is -2.19. The zero-order valence-corrected chi connectivity index (χ0v) is 33.6. The number of fused-ring (bicyclic) bond motifs is 11. The Balaban J connectivity index is 1.20. The Kier molecular flexibility index (Phi) is 8.80. The summed E-state index contributed by atoms with van der Waals surface area (Å²) in [5.41, 5.74) is 13.0. The number of aromatic nitrogens is 3. The van der Waals surface area contributed by atoms with Gasteiger partial charge in [0.25, 0.3) is 0 Å². The fourth-order valence-corrected chi connectivity index (χ4v) is 10.6. The molecule has 0 radical (unpaired) electrons. The summed E-state index contributed by atoms with van der Waals surface area (Å²) in [5.74, 6) is 0.591. The lowest BCUT2D eigenvalue weighted by atomic mass is 9.85. The molecule has 0 amide bonds. The van der Waals surface area contributed by atoms with Gasteiger partial charge in [0.1, 0.15) is 0 Å². The molecule has 0 spiro atoms. The first kappa shape index (κ1) is 36.3. The molecule has 0 unspecified atom stereocenters. The van der Waals surface area contributed by atoms with Crippen LogP contribution in [0.25, 0.3) is 100 Å². The van der Waals surface area contributed by atoms with Crippen LogP contribution in [0.3, 0.4) is 0 Å². The molecule has 288 valence electrons. The molecule has 0 bridgehead atoms. The van der Waals surface area contributed by atoms with Crippen LogP contribution in [0, 0.1) is 0 Å². The van der Waals surface area contributed by atoms with Crippen LogP contribution in [0.5, 0.6) is 0 Å². The maximum absolute atomic E-state index is 15.6. The smallest absolute Gasteiger partial charge is 0.208 e. The van der Waals surface area contributed by atoms with E-state index >= 15 is 8.42 Å². The molecule has 0 N–H and O–H groups in total. The van der Waals surface area contributed by atoms with Crippen molar-refractivity contribution in [3.63, 3.8) is 0 Å². The Morgan fingerprint density at radius 2 is 0.902 bits per heavy atom. The molecule has 0 atom stereocenters. The van der Waals surface area contributed by atoms with Crippen molar-refractivity contribution < 1.29 is 8.42 Å². The van der Waals surface area contributed by atoms with Gasteiger partial charge < -0.3 is 0 Å². The Bertz CT molecular complexity index is 3420. The summed E-state index contributed by atoms with van der Waals surface area (Å²) in [6, 6.07) is 66.3. The minimum Gasteiger partial charge on any atom is -0.264 e. The topological polar surface area (TPSA) is 72.8 Å². The van der Waals surface area contributed by atoms with Gasteiger partial charge in [-0.15, -0.1) is 0 Å². The van der Waals surface area contributed by atoms with Gasteiger partial charge in [-0.3, -0.25) is 4.98 Å². The fraction of sp³-hybridized carbons (Fsp3) is 0. The Morgan fingerprint density at radius 3 is 1.61 bits per heavy atom. The number of hydrogen-bond donors (Lipinski definition) is 0. The van der Waals surface area contributed by atoms with Gasteiger partial charge in [0.15, 0.2) is 5.82 Å². The maximum atomic E-state index is 15.6. The largest absolute Gasteiger partial charge is 0.264 e. The van der Waals surface area contributed by atoms with E-state index in [0.717, 1.165) is 72.3 Å². The second kappa shape index (κ2) is 14.8. The predicted octanol–water partition coefficient (Wildman–Crippen LogP) is 13.5. The molecule has 0 saturated heterocycles. The van der Waals surface area contributed by atoms with E-state index in [0.29, 0.717) is 28.0 Å². The van der Waals surface area contributed by atoms with E-state index < -0.39 is 9.84 Å². The average molecular weight is 802 g/mol. The SMILES string of the molecule is O=S1(=O)c2ccccc2-c2ccccc2-c2ccccc2-c2ccc(-c3cc(-c4ccc(-c5cccnc5)cc4)nc(-c4ccccc4)n3)cc2-c2ccc3ccccc3c21. The van der Waals surface area contributed by atoms with Gasteiger partial charge in [-0.25, -0.2) is 18.4 Å². The molecule has 1 aliphatic rings. The summed E-state index contributed by atoms with van der Waals surface area (Å²) in [4.78, 5) is 15.2. The Hall–Kier alpha value is -7.80. The Morgan fingerprint density at radius 1 is 0.361 bits per heavy atom. The molecular weight excluding hydrogens is 767 g/mol. The highest BCUT2D eigenvalue weighted by atomic mass is 32.2. The summed E-state index contributed by atoms with van der Waals surface area (Å²) < 4.78 is 31.2. The van der Waals surface area contributed by atoms with Gasteiger partial charge in [0.2, 0.25) is 9.84 Å². The van der Waals surface area contributed by atoms with Gasteiger partial charge in [-0.05, 0) is 74.2 Å². The van der Waals surface area contributed by atoms with Crippen LogP contribution >= 0.6 is 0 Å². The molecule has 2 aromatic heterocycles. The minimum atomic E-state index is -4.13. The first-order valence-electron chi connectivity index (χ1n) is 20.2. The number of nitrogens with zero attached hydrogens (tertiary/aromatic N) is 3. The van der Waals surface area contributed by atoms with Gasteiger partial charge in [0.05, 0.1) is 21.2 Å². The van der Waals surface area contributed by atoms with Crippen LogP contribution in [-0.4, -0.2) is 23.4 Å². The fourth-order valence-electron chi connectivity index (χ4n) is 8.67. The average Bonchev–Trinajstić information content (AvgIpc) is 3.34. The number of hydrogen-bond acceptors (Lipinski definition) is 5. The standard InChI is InChI=1S/C55H35N3O2S/c59-61(60)53-23-11-10-22-48(53)46-21-9-8-19-44(46)43-18-6-7-20-45(43)47-30-29-40(33-50(47)49-31-28-37-13-4-5-17-42(37)54(49)61)52-34-51(57-55(58-52)39-14-2-1-3-15-39)38-26-24-36(25-27-38)41-16-12-32-56-35-41/h1-35H. The summed E-state index contributed by atoms with van der Waals surface area (Å²) in [7, 11) is -4.13. The lowest BCUT2D eigenvalue weighted by molar-refractivity contribution is 0.597. The number of sulfone groups is 1. The van der Waals surface area contributed by atoms with E-state index in [4.69, 9.17) is 9.97 Å². The van der Waals surface area contributed by atoms with Gasteiger partial charge in [-0.2, -0.15) is 0 Å². The third-order valence-corrected chi connectivity index (χ3v) is 13.5.